The van der Waals surface area contributed by atoms with Crippen LogP contribution in [0.15, 0.2) is 231 Å². The van der Waals surface area contributed by atoms with Crippen LogP contribution in [0.5, 0.6) is 0 Å². The largest absolute Gasteiger partial charge is 0.312 e. The summed E-state index contributed by atoms with van der Waals surface area (Å²) in [5.41, 5.74) is 23.1. The molecule has 1 unspecified atom stereocenters. The number of rotatable bonds is 4. The third-order valence-corrected chi connectivity index (χ3v) is 14.4. The molecule has 0 saturated carbocycles. The fourth-order valence-corrected chi connectivity index (χ4v) is 12.0. The molecule has 4 aliphatic rings. The highest BCUT2D eigenvalue weighted by atomic mass is 15.2. The maximum atomic E-state index is 2.57. The van der Waals surface area contributed by atoms with E-state index >= 15 is 0 Å². The van der Waals surface area contributed by atoms with Crippen molar-refractivity contribution in [3.63, 3.8) is 0 Å². The summed E-state index contributed by atoms with van der Waals surface area (Å²) < 4.78 is 0. The van der Waals surface area contributed by atoms with Crippen LogP contribution in [0.4, 0.5) is 51.2 Å². The molecule has 0 aliphatic carbocycles. The van der Waals surface area contributed by atoms with E-state index in [0.29, 0.717) is 0 Å². The first kappa shape index (κ1) is 35.6. The molecule has 3 nitrogen and oxygen atoms in total. The SMILES string of the molecule is c1ccc(C2c3cccc4c3B(c3ccccc3N4c3ccccc3)c3ccc4c5c(ccc4c32)B2c3ccccc3N(c3ccccc3)c3cccc(c32)N5c2ccccc2)cc1. The summed E-state index contributed by atoms with van der Waals surface area (Å²) in [6.07, 6.45) is 0. The number of anilines is 9. The van der Waals surface area contributed by atoms with Crippen LogP contribution in [0, 0.1) is 0 Å². The second-order valence-electron chi connectivity index (χ2n) is 17.5. The lowest BCUT2D eigenvalue weighted by molar-refractivity contribution is 0.995. The van der Waals surface area contributed by atoms with Crippen molar-refractivity contribution in [1.29, 1.82) is 0 Å². The van der Waals surface area contributed by atoms with Crippen LogP contribution < -0.4 is 47.5 Å². The summed E-state index contributed by atoms with van der Waals surface area (Å²) in [5.74, 6) is 0.0227. The lowest BCUT2D eigenvalue weighted by atomic mass is 9.30. The molecule has 0 aromatic heterocycles. The molecule has 296 valence electrons. The van der Waals surface area contributed by atoms with Gasteiger partial charge in [0.1, 0.15) is 0 Å². The molecule has 0 amide bonds. The maximum Gasteiger partial charge on any atom is 0.252 e. The predicted octanol–water partition coefficient (Wildman–Crippen LogP) is 10.7. The van der Waals surface area contributed by atoms with Gasteiger partial charge in [0.2, 0.25) is 6.71 Å². The highest BCUT2D eigenvalue weighted by molar-refractivity contribution is 7.01. The molecule has 0 spiro atoms. The Morgan fingerprint density at radius 1 is 0.297 bits per heavy atom. The lowest BCUT2D eigenvalue weighted by Crippen LogP contribution is -2.62. The second-order valence-corrected chi connectivity index (χ2v) is 17.5. The van der Waals surface area contributed by atoms with Crippen LogP contribution in [0.1, 0.15) is 22.6 Å². The summed E-state index contributed by atoms with van der Waals surface area (Å²) in [4.78, 5) is 7.52. The van der Waals surface area contributed by atoms with E-state index in [9.17, 15) is 0 Å². The van der Waals surface area contributed by atoms with E-state index in [4.69, 9.17) is 0 Å². The van der Waals surface area contributed by atoms with Gasteiger partial charge >= 0.3 is 0 Å². The van der Waals surface area contributed by atoms with Gasteiger partial charge < -0.3 is 14.7 Å². The number of hydrogen-bond donors (Lipinski definition) is 0. The molecule has 64 heavy (non-hydrogen) atoms. The molecule has 1 atom stereocenters. The molecule has 0 saturated heterocycles. The zero-order chi connectivity index (χ0) is 41.9. The Morgan fingerprint density at radius 3 is 1.34 bits per heavy atom. The average molecular weight is 812 g/mol. The van der Waals surface area contributed by atoms with Crippen molar-refractivity contribution >= 4 is 108 Å². The van der Waals surface area contributed by atoms with E-state index in [0.717, 1.165) is 11.4 Å². The van der Waals surface area contributed by atoms with Gasteiger partial charge in [-0.2, -0.15) is 0 Å². The maximum absolute atomic E-state index is 2.57. The Hall–Kier alpha value is -8.01. The van der Waals surface area contributed by atoms with Crippen LogP contribution in [-0.2, 0) is 0 Å². The zero-order valence-electron chi connectivity index (χ0n) is 35.0. The van der Waals surface area contributed by atoms with E-state index in [-0.39, 0.29) is 19.3 Å². The van der Waals surface area contributed by atoms with Crippen molar-refractivity contribution < 1.29 is 0 Å². The molecule has 4 aliphatic heterocycles. The minimum absolute atomic E-state index is 0.0227. The fraction of sp³-hybridized carbons (Fsp3) is 0.0169. The Labute approximate surface area is 374 Å². The second kappa shape index (κ2) is 13.7. The Morgan fingerprint density at radius 2 is 0.734 bits per heavy atom. The molecular formula is C59H39B2N3. The van der Waals surface area contributed by atoms with Gasteiger partial charge in [-0.1, -0.05) is 169 Å². The van der Waals surface area contributed by atoms with E-state index in [1.807, 2.05) is 0 Å². The normalized spacial score (nSPS) is 14.9. The highest BCUT2D eigenvalue weighted by Crippen LogP contribution is 2.49. The Kier molecular flexibility index (Phi) is 7.64. The molecular weight excluding hydrogens is 772 g/mol. The van der Waals surface area contributed by atoms with Crippen molar-refractivity contribution in [2.45, 2.75) is 5.92 Å². The van der Waals surface area contributed by atoms with Gasteiger partial charge in [-0.25, -0.2) is 0 Å². The molecule has 10 aromatic carbocycles. The minimum atomic E-state index is 0.0227. The van der Waals surface area contributed by atoms with Crippen molar-refractivity contribution in [3.8, 4) is 0 Å². The zero-order valence-corrected chi connectivity index (χ0v) is 35.0. The predicted molar refractivity (Wildman–Crippen MR) is 271 cm³/mol. The third-order valence-electron chi connectivity index (χ3n) is 14.4. The van der Waals surface area contributed by atoms with E-state index in [2.05, 4.69) is 245 Å². The summed E-state index contributed by atoms with van der Waals surface area (Å²) >= 11 is 0. The molecule has 0 radical (unpaired) electrons. The van der Waals surface area contributed by atoms with Gasteiger partial charge in [0.15, 0.2) is 0 Å². The van der Waals surface area contributed by atoms with Crippen molar-refractivity contribution in [3.05, 3.63) is 247 Å². The molecule has 0 N–H and O–H groups in total. The van der Waals surface area contributed by atoms with E-state index in [1.165, 1.54) is 100 Å². The van der Waals surface area contributed by atoms with Gasteiger partial charge in [0.25, 0.3) is 6.71 Å². The summed E-state index contributed by atoms with van der Waals surface area (Å²) in [6, 6.07) is 86.0. The van der Waals surface area contributed by atoms with Crippen molar-refractivity contribution in [2.75, 3.05) is 14.7 Å². The van der Waals surface area contributed by atoms with Crippen LogP contribution >= 0.6 is 0 Å². The molecule has 4 heterocycles. The van der Waals surface area contributed by atoms with Gasteiger partial charge in [-0.15, -0.1) is 0 Å². The standard InChI is InChI=1S/C59H39B2N3/c1-5-19-39(20-6-1)55-45-27-17-32-52-57(45)60(46-28-13-15-30-50(46)62(52)40-21-7-2-8-22-40)48-37-36-44-43(56(48)55)35-38-49-59(44)64(42-25-11-4-12-26-42)54-34-18-33-53-58(54)61(49)47-29-14-16-31-51(47)63(53)41-23-9-3-10-24-41/h1-38,55H. The van der Waals surface area contributed by atoms with Gasteiger partial charge in [-0.3, -0.25) is 0 Å². The number of hydrogen-bond acceptors (Lipinski definition) is 3. The monoisotopic (exact) mass is 811 g/mol. The number of nitrogens with zero attached hydrogens (tertiary/aromatic N) is 3. The Bertz CT molecular complexity index is 3250. The number of benzene rings is 10. The van der Waals surface area contributed by atoms with Crippen LogP contribution in [-0.4, -0.2) is 13.4 Å². The van der Waals surface area contributed by atoms with Crippen molar-refractivity contribution in [2.24, 2.45) is 0 Å². The molecule has 0 bridgehead atoms. The first-order valence-corrected chi connectivity index (χ1v) is 22.5. The van der Waals surface area contributed by atoms with Gasteiger partial charge in [0.05, 0.1) is 0 Å². The van der Waals surface area contributed by atoms with Crippen LogP contribution in [0.25, 0.3) is 10.8 Å². The average Bonchev–Trinajstić information content (AvgIpc) is 3.37. The molecule has 0 fully saturated rings. The van der Waals surface area contributed by atoms with Crippen molar-refractivity contribution in [1.82, 2.24) is 0 Å². The fourth-order valence-electron chi connectivity index (χ4n) is 12.0. The molecule has 14 rings (SSSR count). The first-order valence-electron chi connectivity index (χ1n) is 22.5. The van der Waals surface area contributed by atoms with E-state index < -0.39 is 0 Å². The minimum Gasteiger partial charge on any atom is -0.312 e. The lowest BCUT2D eigenvalue weighted by Gasteiger charge is -2.45. The quantitative estimate of drug-likeness (QED) is 0.164. The van der Waals surface area contributed by atoms with Crippen LogP contribution in [0.3, 0.4) is 0 Å². The Balaban J connectivity index is 1.07. The van der Waals surface area contributed by atoms with E-state index in [1.54, 1.807) is 0 Å². The highest BCUT2D eigenvalue weighted by Gasteiger charge is 2.47. The molecule has 5 heteroatoms. The summed E-state index contributed by atoms with van der Waals surface area (Å²) in [6.45, 7) is 0.112. The first-order chi connectivity index (χ1) is 31.8. The smallest absolute Gasteiger partial charge is 0.252 e. The third kappa shape index (κ3) is 4.89. The number of para-hydroxylation sites is 5. The van der Waals surface area contributed by atoms with Gasteiger partial charge in [-0.05, 0) is 116 Å². The summed E-state index contributed by atoms with van der Waals surface area (Å²) in [5, 5.41) is 2.58. The topological polar surface area (TPSA) is 9.72 Å². The molecule has 10 aromatic rings. The van der Waals surface area contributed by atoms with Gasteiger partial charge in [0, 0.05) is 62.5 Å². The van der Waals surface area contributed by atoms with Crippen LogP contribution in [0.2, 0.25) is 0 Å². The number of fused-ring (bicyclic) bond motifs is 11. The summed E-state index contributed by atoms with van der Waals surface area (Å²) in [7, 11) is 0.